The van der Waals surface area contributed by atoms with Crippen molar-refractivity contribution < 1.29 is 19.0 Å². The lowest BCUT2D eigenvalue weighted by molar-refractivity contribution is -0.201. The van der Waals surface area contributed by atoms with Crippen LogP contribution in [0.4, 0.5) is 0 Å². The highest BCUT2D eigenvalue weighted by Crippen LogP contribution is 2.44. The maximum atomic E-state index is 12.0. The third-order valence-corrected chi connectivity index (χ3v) is 4.30. The minimum Gasteiger partial charge on any atom is -0.469 e. The molecule has 0 aromatic heterocycles. The van der Waals surface area contributed by atoms with Crippen LogP contribution in [0.5, 0.6) is 0 Å². The van der Waals surface area contributed by atoms with Crippen molar-refractivity contribution in [3.05, 3.63) is 11.1 Å². The van der Waals surface area contributed by atoms with Crippen LogP contribution < -0.4 is 0 Å². The minimum atomic E-state index is -0.652. The first kappa shape index (κ1) is 13.6. The maximum Gasteiger partial charge on any atom is 0.309 e. The van der Waals surface area contributed by atoms with Gasteiger partial charge in [-0.2, -0.15) is 0 Å². The number of hydrogen-bond donors (Lipinski definition) is 0. The standard InChI is InChI=1S/C14H22O4/c1-9-7-11(13(15)16-4)12(8-10(9)2)14(3)17-5-6-18-14/h11-12H,5-8H2,1-4H3/t11-,12-/m1/s1. The van der Waals surface area contributed by atoms with Crippen LogP contribution in [0.15, 0.2) is 11.1 Å². The molecular formula is C14H22O4. The summed E-state index contributed by atoms with van der Waals surface area (Å²) in [6, 6.07) is 0. The van der Waals surface area contributed by atoms with Gasteiger partial charge in [0.2, 0.25) is 0 Å². The molecule has 1 fully saturated rings. The number of ether oxygens (including phenoxy) is 3. The van der Waals surface area contributed by atoms with E-state index in [0.29, 0.717) is 13.2 Å². The predicted molar refractivity (Wildman–Crippen MR) is 66.9 cm³/mol. The highest BCUT2D eigenvalue weighted by Gasteiger charge is 2.48. The number of esters is 1. The molecule has 1 aliphatic carbocycles. The van der Waals surface area contributed by atoms with Gasteiger partial charge in [-0.25, -0.2) is 0 Å². The average Bonchev–Trinajstić information content (AvgIpc) is 2.79. The number of carbonyl (C=O) groups excluding carboxylic acids is 1. The smallest absolute Gasteiger partial charge is 0.309 e. The third-order valence-electron chi connectivity index (χ3n) is 4.30. The summed E-state index contributed by atoms with van der Waals surface area (Å²) < 4.78 is 16.4. The molecule has 2 atom stereocenters. The van der Waals surface area contributed by atoms with Gasteiger partial charge in [0.25, 0.3) is 0 Å². The van der Waals surface area contributed by atoms with Crippen LogP contribution in [0.25, 0.3) is 0 Å². The maximum absolute atomic E-state index is 12.0. The number of hydrogen-bond acceptors (Lipinski definition) is 4. The monoisotopic (exact) mass is 254 g/mol. The highest BCUT2D eigenvalue weighted by molar-refractivity contribution is 5.73. The van der Waals surface area contributed by atoms with E-state index in [1.54, 1.807) is 0 Å². The van der Waals surface area contributed by atoms with Gasteiger partial charge in [0.05, 0.1) is 26.2 Å². The lowest BCUT2D eigenvalue weighted by Crippen LogP contribution is -2.45. The molecule has 2 aliphatic rings. The molecule has 0 amide bonds. The Morgan fingerprint density at radius 2 is 1.78 bits per heavy atom. The van der Waals surface area contributed by atoms with Crippen molar-refractivity contribution in [1.29, 1.82) is 0 Å². The molecular weight excluding hydrogens is 232 g/mol. The number of allylic oxidation sites excluding steroid dienone is 2. The fourth-order valence-electron chi connectivity index (χ4n) is 2.99. The molecule has 0 bridgehead atoms. The molecule has 18 heavy (non-hydrogen) atoms. The fraction of sp³-hybridized carbons (Fsp3) is 0.786. The van der Waals surface area contributed by atoms with Crippen LogP contribution in [0.3, 0.4) is 0 Å². The Balaban J connectivity index is 2.27. The van der Waals surface area contributed by atoms with Crippen molar-refractivity contribution in [2.45, 2.75) is 39.4 Å². The summed E-state index contributed by atoms with van der Waals surface area (Å²) in [6.45, 7) is 7.34. The molecule has 1 aliphatic heterocycles. The van der Waals surface area contributed by atoms with Crippen LogP contribution in [-0.4, -0.2) is 32.1 Å². The van der Waals surface area contributed by atoms with E-state index in [2.05, 4.69) is 13.8 Å². The Morgan fingerprint density at radius 3 is 2.33 bits per heavy atom. The van der Waals surface area contributed by atoms with Crippen LogP contribution in [0.2, 0.25) is 0 Å². The lowest BCUT2D eigenvalue weighted by Gasteiger charge is -2.40. The van der Waals surface area contributed by atoms with Crippen LogP contribution in [0, 0.1) is 11.8 Å². The fourth-order valence-corrected chi connectivity index (χ4v) is 2.99. The van der Waals surface area contributed by atoms with E-state index in [9.17, 15) is 4.79 Å². The van der Waals surface area contributed by atoms with Gasteiger partial charge in [-0.1, -0.05) is 11.1 Å². The molecule has 102 valence electrons. The topological polar surface area (TPSA) is 44.8 Å². The zero-order valence-corrected chi connectivity index (χ0v) is 11.6. The number of methoxy groups -OCH3 is 1. The number of carbonyl (C=O) groups is 1. The van der Waals surface area contributed by atoms with Gasteiger partial charge in [-0.3, -0.25) is 4.79 Å². The summed E-state index contributed by atoms with van der Waals surface area (Å²) in [6.07, 6.45) is 1.58. The average molecular weight is 254 g/mol. The third kappa shape index (κ3) is 2.31. The second-order valence-electron chi connectivity index (χ2n) is 5.42. The van der Waals surface area contributed by atoms with E-state index < -0.39 is 5.79 Å². The molecule has 0 spiro atoms. The van der Waals surface area contributed by atoms with Crippen molar-refractivity contribution in [2.24, 2.45) is 11.8 Å². The second kappa shape index (κ2) is 5.02. The molecule has 4 heteroatoms. The normalized spacial score (nSPS) is 31.6. The van der Waals surface area contributed by atoms with Crippen molar-refractivity contribution in [1.82, 2.24) is 0 Å². The molecule has 0 aromatic rings. The van der Waals surface area contributed by atoms with E-state index in [1.165, 1.54) is 18.3 Å². The van der Waals surface area contributed by atoms with Crippen molar-refractivity contribution in [2.75, 3.05) is 20.3 Å². The van der Waals surface area contributed by atoms with Gasteiger partial charge in [-0.05, 0) is 33.6 Å². The molecule has 0 radical (unpaired) electrons. The number of rotatable bonds is 2. The first-order chi connectivity index (χ1) is 8.48. The van der Waals surface area contributed by atoms with Gasteiger partial charge in [0, 0.05) is 5.92 Å². The van der Waals surface area contributed by atoms with E-state index in [1.807, 2.05) is 6.92 Å². The van der Waals surface area contributed by atoms with E-state index in [0.717, 1.165) is 12.8 Å². The van der Waals surface area contributed by atoms with Crippen molar-refractivity contribution >= 4 is 5.97 Å². The van der Waals surface area contributed by atoms with E-state index in [-0.39, 0.29) is 17.8 Å². The largest absolute Gasteiger partial charge is 0.469 e. The molecule has 0 aromatic carbocycles. The zero-order chi connectivity index (χ0) is 13.3. The Morgan fingerprint density at radius 1 is 1.22 bits per heavy atom. The Bertz CT molecular complexity index is 366. The van der Waals surface area contributed by atoms with Crippen LogP contribution >= 0.6 is 0 Å². The van der Waals surface area contributed by atoms with Gasteiger partial charge in [0.15, 0.2) is 5.79 Å². The zero-order valence-electron chi connectivity index (χ0n) is 11.6. The summed E-state index contributed by atoms with van der Waals surface area (Å²) in [5.74, 6) is -0.939. The van der Waals surface area contributed by atoms with Crippen LogP contribution in [-0.2, 0) is 19.0 Å². The summed E-state index contributed by atoms with van der Waals surface area (Å²) in [7, 11) is 1.44. The minimum absolute atomic E-state index is 0.0381. The van der Waals surface area contributed by atoms with Crippen molar-refractivity contribution in [3.63, 3.8) is 0 Å². The molecule has 4 nitrogen and oxygen atoms in total. The molecule has 2 rings (SSSR count). The first-order valence-electron chi connectivity index (χ1n) is 6.49. The molecule has 1 heterocycles. The first-order valence-corrected chi connectivity index (χ1v) is 6.49. The Hall–Kier alpha value is -0.870. The Kier molecular flexibility index (Phi) is 3.78. The lowest BCUT2D eigenvalue weighted by atomic mass is 9.73. The van der Waals surface area contributed by atoms with Crippen LogP contribution in [0.1, 0.15) is 33.6 Å². The van der Waals surface area contributed by atoms with Gasteiger partial charge in [0.1, 0.15) is 0 Å². The molecule has 0 saturated carbocycles. The summed E-state index contributed by atoms with van der Waals surface area (Å²) in [5, 5.41) is 0. The van der Waals surface area contributed by atoms with Crippen molar-refractivity contribution in [3.8, 4) is 0 Å². The summed E-state index contributed by atoms with van der Waals surface area (Å²) >= 11 is 0. The van der Waals surface area contributed by atoms with E-state index >= 15 is 0 Å². The molecule has 0 unspecified atom stereocenters. The van der Waals surface area contributed by atoms with Gasteiger partial charge >= 0.3 is 5.97 Å². The van der Waals surface area contributed by atoms with Gasteiger partial charge < -0.3 is 14.2 Å². The summed E-state index contributed by atoms with van der Waals surface area (Å²) in [5.41, 5.74) is 2.61. The highest BCUT2D eigenvalue weighted by atomic mass is 16.7. The van der Waals surface area contributed by atoms with E-state index in [4.69, 9.17) is 14.2 Å². The Labute approximate surface area is 108 Å². The SMILES string of the molecule is COC(=O)[C@@H]1CC(C)=C(C)C[C@H]1C1(C)OCCO1. The molecule has 1 saturated heterocycles. The molecule has 0 N–H and O–H groups in total. The predicted octanol–water partition coefficient (Wildman–Crippen LogP) is 2.29. The van der Waals surface area contributed by atoms with Gasteiger partial charge in [-0.15, -0.1) is 0 Å². The second-order valence-corrected chi connectivity index (χ2v) is 5.42. The summed E-state index contributed by atoms with van der Waals surface area (Å²) in [4.78, 5) is 12.0. The quantitative estimate of drug-likeness (QED) is 0.560.